The van der Waals surface area contributed by atoms with Crippen LogP contribution in [-0.4, -0.2) is 11.0 Å². The van der Waals surface area contributed by atoms with Gasteiger partial charge in [-0.05, 0) is 31.6 Å². The van der Waals surface area contributed by atoms with E-state index in [2.05, 4.69) is 5.48 Å². The molecule has 1 heterocycles. The SMILES string of the molecule is OC1(C2=C3CCC(C3)C2)NO1. The number of fused-ring (bicyclic) bond motifs is 2. The second-order valence-electron chi connectivity index (χ2n) is 3.74. The Morgan fingerprint density at radius 2 is 2.36 bits per heavy atom. The Bertz CT molecular complexity index is 242. The standard InChI is InChI=1S/C8H11NO2/c10-8(9-11-8)7-4-5-1-2-6(7)3-5/h5,9-10H,1-4H2. The lowest BCUT2D eigenvalue weighted by Gasteiger charge is -2.12. The van der Waals surface area contributed by atoms with E-state index < -0.39 is 5.91 Å². The van der Waals surface area contributed by atoms with Crippen molar-refractivity contribution in [2.24, 2.45) is 5.92 Å². The van der Waals surface area contributed by atoms with E-state index in [0.29, 0.717) is 0 Å². The van der Waals surface area contributed by atoms with Crippen LogP contribution in [-0.2, 0) is 4.84 Å². The Balaban J connectivity index is 1.98. The zero-order chi connectivity index (χ0) is 7.47. The zero-order valence-electron chi connectivity index (χ0n) is 6.26. The Morgan fingerprint density at radius 3 is 2.82 bits per heavy atom. The molecule has 2 N–H and O–H groups in total. The van der Waals surface area contributed by atoms with Crippen LogP contribution in [0.4, 0.5) is 0 Å². The predicted octanol–water partition coefficient (Wildman–Crippen LogP) is 0.668. The van der Waals surface area contributed by atoms with Crippen molar-refractivity contribution in [3.63, 3.8) is 0 Å². The monoisotopic (exact) mass is 153 g/mol. The highest BCUT2D eigenvalue weighted by atomic mass is 16.9. The predicted molar refractivity (Wildman–Crippen MR) is 38.2 cm³/mol. The summed E-state index contributed by atoms with van der Waals surface area (Å²) in [4.78, 5) is 4.78. The molecule has 3 nitrogen and oxygen atoms in total. The van der Waals surface area contributed by atoms with Crippen molar-refractivity contribution in [3.05, 3.63) is 11.1 Å². The molecule has 3 aliphatic rings. The molecule has 1 saturated heterocycles. The first kappa shape index (κ1) is 6.17. The number of hydrogen-bond acceptors (Lipinski definition) is 3. The van der Waals surface area contributed by atoms with Gasteiger partial charge in [0.15, 0.2) is 0 Å². The van der Waals surface area contributed by atoms with Crippen LogP contribution in [0, 0.1) is 5.92 Å². The zero-order valence-corrected chi connectivity index (χ0v) is 6.26. The molecule has 1 aliphatic heterocycles. The second-order valence-corrected chi connectivity index (χ2v) is 3.74. The average molecular weight is 153 g/mol. The topological polar surface area (TPSA) is 54.7 Å². The smallest absolute Gasteiger partial charge is 0.288 e. The molecule has 0 spiro atoms. The van der Waals surface area contributed by atoms with Crippen molar-refractivity contribution in [1.82, 2.24) is 5.48 Å². The van der Waals surface area contributed by atoms with Crippen molar-refractivity contribution in [2.45, 2.75) is 31.6 Å². The van der Waals surface area contributed by atoms with Gasteiger partial charge in [0.25, 0.3) is 5.91 Å². The van der Waals surface area contributed by atoms with Crippen LogP contribution >= 0.6 is 0 Å². The van der Waals surface area contributed by atoms with Crippen LogP contribution in [0.5, 0.6) is 0 Å². The van der Waals surface area contributed by atoms with E-state index in [1.54, 1.807) is 0 Å². The summed E-state index contributed by atoms with van der Waals surface area (Å²) in [6.07, 6.45) is 4.73. The quantitative estimate of drug-likeness (QED) is 0.430. The molecule has 1 saturated carbocycles. The Hall–Kier alpha value is -0.380. The van der Waals surface area contributed by atoms with Gasteiger partial charge in [-0.15, -0.1) is 5.48 Å². The maximum absolute atomic E-state index is 9.56. The lowest BCUT2D eigenvalue weighted by atomic mass is 9.97. The van der Waals surface area contributed by atoms with Crippen molar-refractivity contribution in [2.75, 3.05) is 0 Å². The lowest BCUT2D eigenvalue weighted by Crippen LogP contribution is -2.19. The van der Waals surface area contributed by atoms with Gasteiger partial charge in [-0.1, -0.05) is 5.57 Å². The first-order chi connectivity index (χ1) is 5.28. The highest BCUT2D eigenvalue weighted by molar-refractivity contribution is 5.31. The minimum atomic E-state index is -1.04. The third-order valence-electron chi connectivity index (χ3n) is 3.01. The van der Waals surface area contributed by atoms with Crippen molar-refractivity contribution >= 4 is 0 Å². The largest absolute Gasteiger partial charge is 0.347 e. The second kappa shape index (κ2) is 1.68. The fourth-order valence-corrected chi connectivity index (χ4v) is 2.36. The fourth-order valence-electron chi connectivity index (χ4n) is 2.36. The number of rotatable bonds is 1. The molecule has 60 valence electrons. The molecular formula is C8H11NO2. The minimum Gasteiger partial charge on any atom is -0.347 e. The van der Waals surface area contributed by atoms with Gasteiger partial charge in [0, 0.05) is 5.57 Å². The van der Waals surface area contributed by atoms with Gasteiger partial charge in [0.05, 0.1) is 0 Å². The maximum Gasteiger partial charge on any atom is 0.288 e. The van der Waals surface area contributed by atoms with E-state index in [0.717, 1.165) is 17.9 Å². The summed E-state index contributed by atoms with van der Waals surface area (Å²) < 4.78 is 0. The van der Waals surface area contributed by atoms with Crippen LogP contribution in [0.15, 0.2) is 11.1 Å². The van der Waals surface area contributed by atoms with E-state index in [4.69, 9.17) is 4.84 Å². The summed E-state index contributed by atoms with van der Waals surface area (Å²) in [5, 5.41) is 9.56. The van der Waals surface area contributed by atoms with E-state index in [1.165, 1.54) is 24.8 Å². The van der Waals surface area contributed by atoms with Gasteiger partial charge >= 0.3 is 0 Å². The molecule has 0 aromatic rings. The molecule has 3 rings (SSSR count). The molecule has 2 atom stereocenters. The van der Waals surface area contributed by atoms with Gasteiger partial charge in [-0.2, -0.15) is 0 Å². The van der Waals surface area contributed by atoms with Crippen LogP contribution in [0.25, 0.3) is 0 Å². The average Bonchev–Trinajstić information content (AvgIpc) is 2.52. The minimum absolute atomic E-state index is 0.801. The molecule has 11 heavy (non-hydrogen) atoms. The number of nitrogens with one attached hydrogen (secondary N) is 1. The highest BCUT2D eigenvalue weighted by Crippen LogP contribution is 2.49. The summed E-state index contributed by atoms with van der Waals surface area (Å²) >= 11 is 0. The molecule has 3 heteroatoms. The van der Waals surface area contributed by atoms with E-state index in [9.17, 15) is 5.11 Å². The Kier molecular flexibility index (Phi) is 0.943. The maximum atomic E-state index is 9.56. The van der Waals surface area contributed by atoms with Gasteiger partial charge in [0.2, 0.25) is 0 Å². The third kappa shape index (κ3) is 0.732. The summed E-state index contributed by atoms with van der Waals surface area (Å²) in [7, 11) is 0. The van der Waals surface area contributed by atoms with Crippen molar-refractivity contribution < 1.29 is 9.94 Å². The van der Waals surface area contributed by atoms with Crippen LogP contribution in [0.3, 0.4) is 0 Å². The van der Waals surface area contributed by atoms with E-state index in [-0.39, 0.29) is 0 Å². The molecule has 2 aliphatic carbocycles. The number of hydrogen-bond donors (Lipinski definition) is 2. The van der Waals surface area contributed by atoms with Crippen molar-refractivity contribution in [1.29, 1.82) is 0 Å². The number of allylic oxidation sites excluding steroid dienone is 1. The van der Waals surface area contributed by atoms with Crippen LogP contribution in [0.2, 0.25) is 0 Å². The van der Waals surface area contributed by atoms with Crippen LogP contribution < -0.4 is 5.48 Å². The lowest BCUT2D eigenvalue weighted by molar-refractivity contribution is 0.0660. The summed E-state index contributed by atoms with van der Waals surface area (Å²) in [5.74, 6) is -0.236. The molecule has 2 bridgehead atoms. The normalized spacial score (nSPS) is 47.2. The summed E-state index contributed by atoms with van der Waals surface area (Å²) in [6.45, 7) is 0. The van der Waals surface area contributed by atoms with E-state index >= 15 is 0 Å². The molecule has 2 fully saturated rings. The first-order valence-corrected chi connectivity index (χ1v) is 4.17. The molecule has 0 amide bonds. The number of aliphatic hydroxyl groups is 1. The molecule has 0 aromatic carbocycles. The molecular weight excluding hydrogens is 142 g/mol. The Morgan fingerprint density at radius 1 is 1.55 bits per heavy atom. The molecule has 2 unspecified atom stereocenters. The fraction of sp³-hybridized carbons (Fsp3) is 0.750. The van der Waals surface area contributed by atoms with Gasteiger partial charge in [-0.3, -0.25) is 0 Å². The van der Waals surface area contributed by atoms with Crippen molar-refractivity contribution in [3.8, 4) is 0 Å². The summed E-state index contributed by atoms with van der Waals surface area (Å²) in [6, 6.07) is 0. The first-order valence-electron chi connectivity index (χ1n) is 4.17. The highest BCUT2D eigenvalue weighted by Gasteiger charge is 2.51. The van der Waals surface area contributed by atoms with Gasteiger partial charge < -0.3 is 5.11 Å². The van der Waals surface area contributed by atoms with Gasteiger partial charge in [0.1, 0.15) is 0 Å². The number of hydroxylamine groups is 1. The molecule has 0 aromatic heterocycles. The Labute approximate surface area is 65.0 Å². The third-order valence-corrected chi connectivity index (χ3v) is 3.01. The van der Waals surface area contributed by atoms with E-state index in [1.807, 2.05) is 0 Å². The van der Waals surface area contributed by atoms with Crippen LogP contribution in [0.1, 0.15) is 25.7 Å². The summed E-state index contributed by atoms with van der Waals surface area (Å²) in [5.41, 5.74) is 5.09. The van der Waals surface area contributed by atoms with Gasteiger partial charge in [-0.25, -0.2) is 4.84 Å². The molecule has 0 radical (unpaired) electrons.